The summed E-state index contributed by atoms with van der Waals surface area (Å²) in [5, 5.41) is 9.07. The Morgan fingerprint density at radius 1 is 1.04 bits per heavy atom. The number of fused-ring (bicyclic) bond motifs is 1. The van der Waals surface area contributed by atoms with Crippen LogP contribution in [0.3, 0.4) is 0 Å². The molecule has 0 heterocycles. The van der Waals surface area contributed by atoms with Gasteiger partial charge in [-0.25, -0.2) is 8.42 Å². The quantitative estimate of drug-likeness (QED) is 0.924. The average molecular weight is 340 g/mol. The van der Waals surface area contributed by atoms with Gasteiger partial charge in [0.2, 0.25) is 0 Å². The summed E-state index contributed by atoms with van der Waals surface area (Å²) in [4.78, 5) is 11.3. The van der Waals surface area contributed by atoms with Gasteiger partial charge in [0.15, 0.2) is 9.84 Å². The van der Waals surface area contributed by atoms with Gasteiger partial charge in [0.1, 0.15) is 0 Å². The number of sulfone groups is 1. The number of carboxylic acid groups (broad SMARTS) is 1. The van der Waals surface area contributed by atoms with Crippen molar-refractivity contribution in [1.82, 2.24) is 0 Å². The lowest BCUT2D eigenvalue weighted by molar-refractivity contribution is -0.135. The molecule has 122 valence electrons. The molecule has 0 saturated heterocycles. The lowest BCUT2D eigenvalue weighted by Crippen LogP contribution is -1.96. The maximum absolute atomic E-state index is 11.5. The van der Waals surface area contributed by atoms with E-state index >= 15 is 0 Å². The van der Waals surface area contributed by atoms with Crippen LogP contribution >= 0.6 is 0 Å². The van der Waals surface area contributed by atoms with Crippen molar-refractivity contribution in [2.24, 2.45) is 0 Å². The zero-order chi connectivity index (χ0) is 17.3. The van der Waals surface area contributed by atoms with Crippen molar-refractivity contribution in [1.29, 1.82) is 0 Å². The Bertz CT molecular complexity index is 965. The van der Waals surface area contributed by atoms with Crippen LogP contribution in [0.2, 0.25) is 0 Å². The zero-order valence-electron chi connectivity index (χ0n) is 13.1. The van der Waals surface area contributed by atoms with Crippen LogP contribution in [0.15, 0.2) is 59.5 Å². The van der Waals surface area contributed by atoms with Gasteiger partial charge in [-0.1, -0.05) is 36.4 Å². The van der Waals surface area contributed by atoms with Gasteiger partial charge in [0.25, 0.3) is 0 Å². The van der Waals surface area contributed by atoms with E-state index in [-0.39, 0.29) is 11.3 Å². The molecule has 0 fully saturated rings. The highest BCUT2D eigenvalue weighted by Gasteiger charge is 2.19. The van der Waals surface area contributed by atoms with Gasteiger partial charge in [0.05, 0.1) is 11.3 Å². The van der Waals surface area contributed by atoms with Crippen LogP contribution < -0.4 is 0 Å². The van der Waals surface area contributed by atoms with E-state index in [2.05, 4.69) is 0 Å². The van der Waals surface area contributed by atoms with Crippen LogP contribution in [0, 0.1) is 0 Å². The summed E-state index contributed by atoms with van der Waals surface area (Å²) in [6.45, 7) is 0. The largest absolute Gasteiger partial charge is 0.481 e. The fraction of sp³-hybridized carbons (Fsp3) is 0.105. The maximum Gasteiger partial charge on any atom is 0.307 e. The Hall–Kier alpha value is -2.66. The summed E-state index contributed by atoms with van der Waals surface area (Å²) in [7, 11) is -3.22. The lowest BCUT2D eigenvalue weighted by atomic mass is 10.0. The Labute approximate surface area is 140 Å². The van der Waals surface area contributed by atoms with Gasteiger partial charge in [-0.15, -0.1) is 0 Å². The van der Waals surface area contributed by atoms with Crippen LogP contribution in [0.25, 0.3) is 17.2 Å². The average Bonchev–Trinajstić information content (AvgIpc) is 2.84. The number of rotatable bonds is 4. The third kappa shape index (κ3) is 3.31. The molecule has 5 heteroatoms. The summed E-state index contributed by atoms with van der Waals surface area (Å²) < 4.78 is 23.0. The maximum atomic E-state index is 11.5. The van der Waals surface area contributed by atoms with E-state index in [0.717, 1.165) is 27.8 Å². The smallest absolute Gasteiger partial charge is 0.307 e. The molecule has 3 rings (SSSR count). The van der Waals surface area contributed by atoms with E-state index < -0.39 is 15.8 Å². The number of benzene rings is 2. The predicted octanol–water partition coefficient (Wildman–Crippen LogP) is 3.50. The molecule has 1 aliphatic carbocycles. The highest BCUT2D eigenvalue weighted by Crippen LogP contribution is 2.37. The van der Waals surface area contributed by atoms with Crippen LogP contribution in [0.4, 0.5) is 0 Å². The first kappa shape index (κ1) is 16.2. The molecule has 1 N–H and O–H groups in total. The molecule has 1 aliphatic rings. The molecular formula is C19H16O4S. The minimum Gasteiger partial charge on any atom is -0.481 e. The van der Waals surface area contributed by atoms with E-state index in [9.17, 15) is 13.2 Å². The van der Waals surface area contributed by atoms with Crippen LogP contribution in [0.5, 0.6) is 0 Å². The number of aliphatic carboxylic acids is 1. The molecule has 0 aromatic heterocycles. The first-order chi connectivity index (χ1) is 11.3. The second-order valence-corrected chi connectivity index (χ2v) is 7.74. The van der Waals surface area contributed by atoms with Crippen molar-refractivity contribution in [3.63, 3.8) is 0 Å². The van der Waals surface area contributed by atoms with Crippen molar-refractivity contribution in [3.8, 4) is 0 Å². The molecule has 4 nitrogen and oxygen atoms in total. The normalized spacial score (nSPS) is 15.2. The summed E-state index contributed by atoms with van der Waals surface area (Å²) in [6.07, 6.45) is 4.96. The monoisotopic (exact) mass is 340 g/mol. The van der Waals surface area contributed by atoms with Crippen molar-refractivity contribution in [2.75, 3.05) is 6.26 Å². The molecule has 2 aromatic rings. The van der Waals surface area contributed by atoms with Gasteiger partial charge in [-0.2, -0.15) is 0 Å². The summed E-state index contributed by atoms with van der Waals surface area (Å²) in [5.41, 5.74) is 4.48. The fourth-order valence-corrected chi connectivity index (χ4v) is 3.41. The summed E-state index contributed by atoms with van der Waals surface area (Å²) in [6, 6.07) is 14.3. The molecule has 0 atom stereocenters. The Balaban J connectivity index is 2.01. The Kier molecular flexibility index (Phi) is 4.11. The minimum atomic E-state index is -3.22. The molecule has 0 bridgehead atoms. The number of hydrogen-bond acceptors (Lipinski definition) is 3. The Morgan fingerprint density at radius 2 is 1.67 bits per heavy atom. The topological polar surface area (TPSA) is 71.4 Å². The second kappa shape index (κ2) is 6.09. The lowest BCUT2D eigenvalue weighted by Gasteiger charge is -2.03. The standard InChI is InChI=1S/C19H16O4S/c1-24(22,23)16-8-6-13(7-9-16)10-14-11-15(12-19(20)21)18-5-3-2-4-17(14)18/h2-11H,12H2,1H3,(H,20,21). The molecule has 24 heavy (non-hydrogen) atoms. The molecule has 0 radical (unpaired) electrons. The zero-order valence-corrected chi connectivity index (χ0v) is 13.9. The number of carbonyl (C=O) groups is 1. The van der Waals surface area contributed by atoms with Gasteiger partial charge >= 0.3 is 5.97 Å². The van der Waals surface area contributed by atoms with Crippen molar-refractivity contribution in [2.45, 2.75) is 11.3 Å². The fourth-order valence-electron chi connectivity index (χ4n) is 2.78. The van der Waals surface area contributed by atoms with Gasteiger partial charge in [-0.05, 0) is 52.1 Å². The van der Waals surface area contributed by atoms with Gasteiger partial charge < -0.3 is 5.11 Å². The number of hydrogen-bond donors (Lipinski definition) is 1. The molecule has 0 saturated carbocycles. The van der Waals surface area contributed by atoms with Crippen molar-refractivity contribution in [3.05, 3.63) is 71.3 Å². The van der Waals surface area contributed by atoms with Crippen LogP contribution in [-0.4, -0.2) is 25.7 Å². The van der Waals surface area contributed by atoms with Crippen molar-refractivity contribution >= 4 is 33.0 Å². The molecular weight excluding hydrogens is 324 g/mol. The predicted molar refractivity (Wildman–Crippen MR) is 94.1 cm³/mol. The number of carboxylic acids is 1. The third-order valence-corrected chi connectivity index (χ3v) is 5.01. The van der Waals surface area contributed by atoms with Crippen molar-refractivity contribution < 1.29 is 18.3 Å². The number of allylic oxidation sites excluding steroid dienone is 2. The van der Waals surface area contributed by atoms with E-state index in [1.165, 1.54) is 6.26 Å². The third-order valence-electron chi connectivity index (χ3n) is 3.89. The van der Waals surface area contributed by atoms with E-state index in [4.69, 9.17) is 5.11 Å². The summed E-state index contributed by atoms with van der Waals surface area (Å²) >= 11 is 0. The molecule has 0 aliphatic heterocycles. The SMILES string of the molecule is CS(=O)(=O)c1ccc(C=C2C=C(CC(=O)O)c3ccccc32)cc1. The molecule has 2 aromatic carbocycles. The molecule has 0 amide bonds. The second-order valence-electron chi connectivity index (χ2n) is 5.73. The van der Waals surface area contributed by atoms with E-state index in [1.807, 2.05) is 36.4 Å². The first-order valence-corrected chi connectivity index (χ1v) is 9.28. The highest BCUT2D eigenvalue weighted by atomic mass is 32.2. The molecule has 0 unspecified atom stereocenters. The van der Waals surface area contributed by atoms with Gasteiger partial charge in [-0.3, -0.25) is 4.79 Å². The molecule has 0 spiro atoms. The van der Waals surface area contributed by atoms with Crippen LogP contribution in [-0.2, 0) is 14.6 Å². The Morgan fingerprint density at radius 3 is 2.25 bits per heavy atom. The van der Waals surface area contributed by atoms with Crippen LogP contribution in [0.1, 0.15) is 23.1 Å². The van der Waals surface area contributed by atoms with Gasteiger partial charge in [0, 0.05) is 6.26 Å². The first-order valence-electron chi connectivity index (χ1n) is 7.38. The summed E-state index contributed by atoms with van der Waals surface area (Å²) in [5.74, 6) is -0.866. The van der Waals surface area contributed by atoms with E-state index in [1.54, 1.807) is 24.3 Å². The minimum absolute atomic E-state index is 0.0264. The highest BCUT2D eigenvalue weighted by molar-refractivity contribution is 7.90. The van der Waals surface area contributed by atoms with E-state index in [0.29, 0.717) is 0 Å².